The SMILES string of the molecule is Oc1ccc(F)cc1-c1nc(-c2ccc3ccccc3c2)ccc1-c1ccc(-c2ccccc2)cc1. The number of rotatable bonds is 4. The van der Waals surface area contributed by atoms with Gasteiger partial charge in [-0.1, -0.05) is 97.1 Å². The molecule has 1 heterocycles. The van der Waals surface area contributed by atoms with Crippen LogP contribution < -0.4 is 0 Å². The molecule has 0 aliphatic rings. The predicted molar refractivity (Wildman–Crippen MR) is 145 cm³/mol. The van der Waals surface area contributed by atoms with Gasteiger partial charge in [0.2, 0.25) is 0 Å². The van der Waals surface area contributed by atoms with Crippen LogP contribution in [0.1, 0.15) is 0 Å². The summed E-state index contributed by atoms with van der Waals surface area (Å²) in [5.41, 5.74) is 6.60. The summed E-state index contributed by atoms with van der Waals surface area (Å²) in [4.78, 5) is 4.95. The van der Waals surface area contributed by atoms with Crippen LogP contribution in [0.3, 0.4) is 0 Å². The fourth-order valence-electron chi connectivity index (χ4n) is 4.58. The maximum absolute atomic E-state index is 14.3. The van der Waals surface area contributed by atoms with Crippen LogP contribution in [0.15, 0.2) is 127 Å². The van der Waals surface area contributed by atoms with Gasteiger partial charge in [-0.3, -0.25) is 0 Å². The van der Waals surface area contributed by atoms with E-state index in [2.05, 4.69) is 48.5 Å². The Morgan fingerprint density at radius 1 is 0.500 bits per heavy atom. The van der Waals surface area contributed by atoms with Gasteiger partial charge in [0.25, 0.3) is 0 Å². The van der Waals surface area contributed by atoms with Crippen molar-refractivity contribution in [3.05, 3.63) is 133 Å². The molecule has 5 aromatic carbocycles. The van der Waals surface area contributed by atoms with Gasteiger partial charge in [0.15, 0.2) is 0 Å². The molecule has 0 aliphatic heterocycles. The molecule has 0 radical (unpaired) electrons. The van der Waals surface area contributed by atoms with Gasteiger partial charge in [0.05, 0.1) is 11.4 Å². The van der Waals surface area contributed by atoms with Gasteiger partial charge < -0.3 is 5.11 Å². The van der Waals surface area contributed by atoms with Crippen molar-refractivity contribution in [2.45, 2.75) is 0 Å². The lowest BCUT2D eigenvalue weighted by molar-refractivity contribution is 0.475. The van der Waals surface area contributed by atoms with Crippen LogP contribution >= 0.6 is 0 Å². The van der Waals surface area contributed by atoms with Crippen molar-refractivity contribution >= 4 is 10.8 Å². The minimum atomic E-state index is -0.425. The molecule has 1 N–H and O–H groups in total. The van der Waals surface area contributed by atoms with E-state index in [0.717, 1.165) is 44.3 Å². The topological polar surface area (TPSA) is 33.1 Å². The largest absolute Gasteiger partial charge is 0.507 e. The summed E-state index contributed by atoms with van der Waals surface area (Å²) in [7, 11) is 0. The number of phenols is 1. The third-order valence-corrected chi connectivity index (χ3v) is 6.46. The number of hydrogen-bond acceptors (Lipinski definition) is 2. The van der Waals surface area contributed by atoms with Crippen molar-refractivity contribution in [1.82, 2.24) is 4.98 Å². The molecule has 3 heteroatoms. The second-order valence-corrected chi connectivity index (χ2v) is 8.76. The number of benzene rings is 5. The Balaban J connectivity index is 1.50. The highest BCUT2D eigenvalue weighted by Crippen LogP contribution is 2.38. The molecule has 0 unspecified atom stereocenters. The van der Waals surface area contributed by atoms with Crippen molar-refractivity contribution < 1.29 is 9.50 Å². The number of aromatic hydroxyl groups is 1. The monoisotopic (exact) mass is 467 g/mol. The Morgan fingerprint density at radius 2 is 1.17 bits per heavy atom. The number of aromatic nitrogens is 1. The molecular formula is C33H22FNO. The molecule has 6 aromatic rings. The van der Waals surface area contributed by atoms with E-state index in [4.69, 9.17) is 4.98 Å². The standard InChI is InChI=1S/C33H22FNO/c34-28-16-19-32(36)30(21-28)33-29(25-13-10-24(11-14-25)22-6-2-1-3-7-22)17-18-31(35-33)27-15-12-23-8-4-5-9-26(23)20-27/h1-21,36H. The summed E-state index contributed by atoms with van der Waals surface area (Å²) in [6, 6.07) is 40.7. The number of fused-ring (bicyclic) bond motifs is 1. The van der Waals surface area contributed by atoms with E-state index >= 15 is 0 Å². The van der Waals surface area contributed by atoms with Crippen molar-refractivity contribution in [2.75, 3.05) is 0 Å². The minimum absolute atomic E-state index is 0.0123. The second-order valence-electron chi connectivity index (χ2n) is 8.76. The normalized spacial score (nSPS) is 11.0. The maximum atomic E-state index is 14.3. The first kappa shape index (κ1) is 21.8. The van der Waals surface area contributed by atoms with Crippen molar-refractivity contribution in [2.24, 2.45) is 0 Å². The number of halogens is 1. The van der Waals surface area contributed by atoms with Crippen molar-refractivity contribution in [3.8, 4) is 50.5 Å². The minimum Gasteiger partial charge on any atom is -0.507 e. The molecule has 2 nitrogen and oxygen atoms in total. The number of nitrogens with zero attached hydrogens (tertiary/aromatic N) is 1. The van der Waals surface area contributed by atoms with E-state index in [0.29, 0.717) is 11.3 Å². The Morgan fingerprint density at radius 3 is 1.97 bits per heavy atom. The van der Waals surface area contributed by atoms with Gasteiger partial charge in [-0.05, 0) is 57.8 Å². The van der Waals surface area contributed by atoms with Crippen LogP contribution in [0.25, 0.3) is 55.5 Å². The molecule has 0 atom stereocenters. The summed E-state index contributed by atoms with van der Waals surface area (Å²) in [6.45, 7) is 0. The molecule has 0 bridgehead atoms. The summed E-state index contributed by atoms with van der Waals surface area (Å²) >= 11 is 0. The third-order valence-electron chi connectivity index (χ3n) is 6.46. The summed E-state index contributed by atoms with van der Waals surface area (Å²) in [5, 5.41) is 12.9. The van der Waals surface area contributed by atoms with E-state index in [9.17, 15) is 9.50 Å². The number of hydrogen-bond donors (Lipinski definition) is 1. The molecule has 172 valence electrons. The summed E-state index contributed by atoms with van der Waals surface area (Å²) < 4.78 is 14.3. The van der Waals surface area contributed by atoms with Crippen LogP contribution in [0.4, 0.5) is 4.39 Å². The zero-order valence-corrected chi connectivity index (χ0v) is 19.4. The molecular weight excluding hydrogens is 445 g/mol. The molecule has 0 aliphatic carbocycles. The number of phenolic OH excluding ortho intramolecular Hbond substituents is 1. The highest BCUT2D eigenvalue weighted by atomic mass is 19.1. The summed E-state index contributed by atoms with van der Waals surface area (Å²) in [5.74, 6) is -0.437. The van der Waals surface area contributed by atoms with Crippen LogP contribution in [-0.4, -0.2) is 10.1 Å². The van der Waals surface area contributed by atoms with Gasteiger partial charge in [-0.15, -0.1) is 0 Å². The molecule has 6 rings (SSSR count). The zero-order valence-electron chi connectivity index (χ0n) is 19.4. The molecule has 0 saturated carbocycles. The average molecular weight is 468 g/mol. The van der Waals surface area contributed by atoms with Gasteiger partial charge in [-0.2, -0.15) is 0 Å². The van der Waals surface area contributed by atoms with Crippen molar-refractivity contribution in [3.63, 3.8) is 0 Å². The highest BCUT2D eigenvalue weighted by molar-refractivity contribution is 5.89. The van der Waals surface area contributed by atoms with E-state index in [1.807, 2.05) is 60.7 Å². The first-order chi connectivity index (χ1) is 17.7. The predicted octanol–water partition coefficient (Wildman–Crippen LogP) is 8.75. The van der Waals surface area contributed by atoms with E-state index in [-0.39, 0.29) is 5.75 Å². The second kappa shape index (κ2) is 9.12. The third kappa shape index (κ3) is 4.12. The number of pyridine rings is 1. The molecule has 0 fully saturated rings. The quantitative estimate of drug-likeness (QED) is 0.281. The Hall–Kier alpha value is -4.76. The van der Waals surface area contributed by atoms with E-state index in [1.165, 1.54) is 18.2 Å². The van der Waals surface area contributed by atoms with Gasteiger partial charge in [-0.25, -0.2) is 9.37 Å². The highest BCUT2D eigenvalue weighted by Gasteiger charge is 2.16. The smallest absolute Gasteiger partial charge is 0.125 e. The van der Waals surface area contributed by atoms with Gasteiger partial charge in [0.1, 0.15) is 11.6 Å². The maximum Gasteiger partial charge on any atom is 0.125 e. The fourth-order valence-corrected chi connectivity index (χ4v) is 4.58. The summed E-state index contributed by atoms with van der Waals surface area (Å²) in [6.07, 6.45) is 0. The first-order valence-electron chi connectivity index (χ1n) is 11.8. The molecule has 0 saturated heterocycles. The van der Waals surface area contributed by atoms with Gasteiger partial charge >= 0.3 is 0 Å². The van der Waals surface area contributed by atoms with Crippen LogP contribution in [0, 0.1) is 5.82 Å². The average Bonchev–Trinajstić information content (AvgIpc) is 2.94. The van der Waals surface area contributed by atoms with E-state index in [1.54, 1.807) is 0 Å². The fraction of sp³-hybridized carbons (Fsp3) is 0. The molecule has 1 aromatic heterocycles. The lowest BCUT2D eigenvalue weighted by atomic mass is 9.95. The lowest BCUT2D eigenvalue weighted by Gasteiger charge is -2.14. The van der Waals surface area contributed by atoms with Crippen LogP contribution in [0.5, 0.6) is 5.75 Å². The Labute approximate surface area is 209 Å². The zero-order chi connectivity index (χ0) is 24.5. The van der Waals surface area contributed by atoms with Crippen LogP contribution in [0.2, 0.25) is 0 Å². The molecule has 36 heavy (non-hydrogen) atoms. The van der Waals surface area contributed by atoms with Crippen molar-refractivity contribution in [1.29, 1.82) is 0 Å². The Kier molecular flexibility index (Phi) is 5.51. The van der Waals surface area contributed by atoms with Gasteiger partial charge in [0, 0.05) is 16.7 Å². The van der Waals surface area contributed by atoms with E-state index < -0.39 is 5.82 Å². The molecule has 0 amide bonds. The Bertz CT molecular complexity index is 1690. The molecule has 0 spiro atoms. The first-order valence-corrected chi connectivity index (χ1v) is 11.8. The lowest BCUT2D eigenvalue weighted by Crippen LogP contribution is -1.94. The van der Waals surface area contributed by atoms with Crippen LogP contribution in [-0.2, 0) is 0 Å².